The minimum atomic E-state index is -0.149. The number of aliphatic hydroxyl groups is 1. The van der Waals surface area contributed by atoms with Crippen molar-refractivity contribution in [2.45, 2.75) is 18.9 Å². The number of nitrogens with zero attached hydrogens (tertiary/aromatic N) is 1. The standard InChI is InChI=1S/C13H16Cl2N2O2/c14-10-4-1-5-11(13(10)15)16-12(19)7-17-6-2-3-9(17)8-18/h1,4-5,9,18H,2-3,6-8H2,(H,16,19)/t9-/m1/s1. The van der Waals surface area contributed by atoms with E-state index in [2.05, 4.69) is 5.32 Å². The first-order valence-electron chi connectivity index (χ1n) is 6.20. The van der Waals surface area contributed by atoms with E-state index in [1.807, 2.05) is 4.90 Å². The summed E-state index contributed by atoms with van der Waals surface area (Å²) in [5.41, 5.74) is 0.513. The number of nitrogens with one attached hydrogen (secondary N) is 1. The third kappa shape index (κ3) is 3.60. The molecule has 1 fully saturated rings. The molecule has 0 unspecified atom stereocenters. The van der Waals surface area contributed by atoms with E-state index in [0.717, 1.165) is 19.4 Å². The van der Waals surface area contributed by atoms with Crippen molar-refractivity contribution in [3.63, 3.8) is 0 Å². The maximum atomic E-state index is 12.0. The van der Waals surface area contributed by atoms with Gasteiger partial charge in [0.25, 0.3) is 0 Å². The van der Waals surface area contributed by atoms with Crippen molar-refractivity contribution in [3.8, 4) is 0 Å². The molecule has 0 aromatic heterocycles. The highest BCUT2D eigenvalue weighted by Crippen LogP contribution is 2.29. The van der Waals surface area contributed by atoms with Crippen molar-refractivity contribution in [1.82, 2.24) is 4.90 Å². The lowest BCUT2D eigenvalue weighted by atomic mass is 10.2. The van der Waals surface area contributed by atoms with Crippen molar-refractivity contribution >= 4 is 34.8 Å². The van der Waals surface area contributed by atoms with Crippen LogP contribution in [0.5, 0.6) is 0 Å². The Bertz CT molecular complexity index is 468. The molecule has 1 aromatic rings. The maximum absolute atomic E-state index is 12.0. The quantitative estimate of drug-likeness (QED) is 0.898. The summed E-state index contributed by atoms with van der Waals surface area (Å²) >= 11 is 11.9. The molecule has 1 aliphatic rings. The summed E-state index contributed by atoms with van der Waals surface area (Å²) in [6.45, 7) is 1.18. The molecular formula is C13H16Cl2N2O2. The Balaban J connectivity index is 1.96. The lowest BCUT2D eigenvalue weighted by molar-refractivity contribution is -0.117. The molecule has 0 spiro atoms. The molecule has 2 rings (SSSR count). The van der Waals surface area contributed by atoms with Crippen molar-refractivity contribution in [2.24, 2.45) is 0 Å². The number of rotatable bonds is 4. The van der Waals surface area contributed by atoms with Gasteiger partial charge in [-0.15, -0.1) is 0 Å². The van der Waals surface area contributed by atoms with Crippen LogP contribution in [-0.2, 0) is 4.79 Å². The molecule has 0 bridgehead atoms. The zero-order valence-corrected chi connectivity index (χ0v) is 11.9. The first-order valence-corrected chi connectivity index (χ1v) is 6.96. The largest absolute Gasteiger partial charge is 0.395 e. The van der Waals surface area contributed by atoms with Crippen LogP contribution >= 0.6 is 23.2 Å². The summed E-state index contributed by atoms with van der Waals surface area (Å²) in [7, 11) is 0. The van der Waals surface area contributed by atoms with Gasteiger partial charge < -0.3 is 10.4 Å². The van der Waals surface area contributed by atoms with E-state index in [1.54, 1.807) is 18.2 Å². The van der Waals surface area contributed by atoms with E-state index in [1.165, 1.54) is 0 Å². The molecule has 19 heavy (non-hydrogen) atoms. The van der Waals surface area contributed by atoms with Crippen molar-refractivity contribution in [1.29, 1.82) is 0 Å². The molecule has 1 heterocycles. The third-order valence-corrected chi connectivity index (χ3v) is 4.10. The Morgan fingerprint density at radius 3 is 3.00 bits per heavy atom. The zero-order valence-electron chi connectivity index (χ0n) is 10.4. The van der Waals surface area contributed by atoms with Gasteiger partial charge in [0.05, 0.1) is 28.9 Å². The van der Waals surface area contributed by atoms with E-state index >= 15 is 0 Å². The smallest absolute Gasteiger partial charge is 0.238 e. The average molecular weight is 303 g/mol. The predicted octanol–water partition coefficient (Wildman–Crippen LogP) is 2.39. The molecule has 6 heteroatoms. The molecular weight excluding hydrogens is 287 g/mol. The van der Waals surface area contributed by atoms with Gasteiger partial charge in [-0.05, 0) is 31.5 Å². The average Bonchev–Trinajstić information content (AvgIpc) is 2.82. The van der Waals surface area contributed by atoms with Crippen molar-refractivity contribution in [3.05, 3.63) is 28.2 Å². The molecule has 0 aliphatic carbocycles. The van der Waals surface area contributed by atoms with E-state index in [0.29, 0.717) is 15.7 Å². The van der Waals surface area contributed by atoms with E-state index < -0.39 is 0 Å². The number of anilines is 1. The van der Waals surface area contributed by atoms with Gasteiger partial charge in [0.2, 0.25) is 5.91 Å². The second-order valence-corrected chi connectivity index (χ2v) is 5.38. The van der Waals surface area contributed by atoms with Crippen molar-refractivity contribution < 1.29 is 9.90 Å². The first kappa shape index (κ1) is 14.6. The van der Waals surface area contributed by atoms with E-state index in [4.69, 9.17) is 23.2 Å². The number of likely N-dealkylation sites (tertiary alicyclic amines) is 1. The van der Waals surface area contributed by atoms with Gasteiger partial charge in [-0.25, -0.2) is 0 Å². The third-order valence-electron chi connectivity index (χ3n) is 3.28. The summed E-state index contributed by atoms with van der Waals surface area (Å²) in [5, 5.41) is 12.7. The summed E-state index contributed by atoms with van der Waals surface area (Å²) in [6.07, 6.45) is 1.94. The highest BCUT2D eigenvalue weighted by atomic mass is 35.5. The Morgan fingerprint density at radius 1 is 1.47 bits per heavy atom. The number of benzene rings is 1. The number of hydrogen-bond acceptors (Lipinski definition) is 3. The van der Waals surface area contributed by atoms with Gasteiger partial charge in [-0.3, -0.25) is 9.69 Å². The van der Waals surface area contributed by atoms with Crippen LogP contribution in [0.15, 0.2) is 18.2 Å². The van der Waals surface area contributed by atoms with Gasteiger partial charge in [0, 0.05) is 6.04 Å². The second-order valence-electron chi connectivity index (χ2n) is 4.60. The van der Waals surface area contributed by atoms with Crippen LogP contribution < -0.4 is 5.32 Å². The molecule has 0 radical (unpaired) electrons. The molecule has 104 valence electrons. The maximum Gasteiger partial charge on any atom is 0.238 e. The summed E-state index contributed by atoms with van der Waals surface area (Å²) in [4.78, 5) is 13.9. The first-order chi connectivity index (χ1) is 9.11. The zero-order chi connectivity index (χ0) is 13.8. The van der Waals surface area contributed by atoms with Gasteiger partial charge >= 0.3 is 0 Å². The minimum Gasteiger partial charge on any atom is -0.395 e. The number of hydrogen-bond donors (Lipinski definition) is 2. The number of carbonyl (C=O) groups excluding carboxylic acids is 1. The number of aliphatic hydroxyl groups excluding tert-OH is 1. The molecule has 1 aromatic carbocycles. The van der Waals surface area contributed by atoms with Crippen LogP contribution in [0.4, 0.5) is 5.69 Å². The van der Waals surface area contributed by atoms with Gasteiger partial charge in [-0.2, -0.15) is 0 Å². The molecule has 4 nitrogen and oxygen atoms in total. The lowest BCUT2D eigenvalue weighted by Gasteiger charge is -2.22. The monoisotopic (exact) mass is 302 g/mol. The van der Waals surface area contributed by atoms with Crippen LogP contribution in [0.3, 0.4) is 0 Å². The van der Waals surface area contributed by atoms with Gasteiger partial charge in [-0.1, -0.05) is 29.3 Å². The van der Waals surface area contributed by atoms with Gasteiger partial charge in [0.15, 0.2) is 0 Å². The Kier molecular flexibility index (Phi) is 5.05. The fourth-order valence-corrected chi connectivity index (χ4v) is 2.63. The molecule has 1 saturated heterocycles. The molecule has 0 saturated carbocycles. The Morgan fingerprint density at radius 2 is 2.26 bits per heavy atom. The molecule has 1 atom stereocenters. The van der Waals surface area contributed by atoms with Crippen molar-refractivity contribution in [2.75, 3.05) is 25.0 Å². The molecule has 1 aliphatic heterocycles. The number of amides is 1. The summed E-state index contributed by atoms with van der Waals surface area (Å²) in [6, 6.07) is 5.19. The fourth-order valence-electron chi connectivity index (χ4n) is 2.28. The predicted molar refractivity (Wildman–Crippen MR) is 76.8 cm³/mol. The minimum absolute atomic E-state index is 0.0839. The van der Waals surface area contributed by atoms with Gasteiger partial charge in [0.1, 0.15) is 0 Å². The van der Waals surface area contributed by atoms with Crippen LogP contribution in [0.25, 0.3) is 0 Å². The molecule has 1 amide bonds. The second kappa shape index (κ2) is 6.57. The highest BCUT2D eigenvalue weighted by Gasteiger charge is 2.25. The van der Waals surface area contributed by atoms with Crippen LogP contribution in [0.2, 0.25) is 10.0 Å². The summed E-state index contributed by atoms with van der Waals surface area (Å²) in [5.74, 6) is -0.149. The Labute approximate surface area is 122 Å². The number of carbonyl (C=O) groups is 1. The normalized spacial score (nSPS) is 19.6. The fraction of sp³-hybridized carbons (Fsp3) is 0.462. The van der Waals surface area contributed by atoms with E-state index in [9.17, 15) is 9.90 Å². The number of halogens is 2. The molecule has 2 N–H and O–H groups in total. The van der Waals surface area contributed by atoms with E-state index in [-0.39, 0.29) is 25.1 Å². The lowest BCUT2D eigenvalue weighted by Crippen LogP contribution is -2.38. The van der Waals surface area contributed by atoms with Crippen LogP contribution in [0, 0.1) is 0 Å². The highest BCUT2D eigenvalue weighted by molar-refractivity contribution is 6.43. The summed E-state index contributed by atoms with van der Waals surface area (Å²) < 4.78 is 0. The van der Waals surface area contributed by atoms with Crippen LogP contribution in [-0.4, -0.2) is 41.7 Å². The topological polar surface area (TPSA) is 52.6 Å². The Hall–Kier alpha value is -0.810. The SMILES string of the molecule is O=C(CN1CCC[C@@H]1CO)Nc1cccc(Cl)c1Cl. The van der Waals surface area contributed by atoms with Crippen LogP contribution in [0.1, 0.15) is 12.8 Å².